The van der Waals surface area contributed by atoms with Gasteiger partial charge in [0.25, 0.3) is 0 Å². The summed E-state index contributed by atoms with van der Waals surface area (Å²) in [6, 6.07) is 5.77. The number of nitrogens with zero attached hydrogens (tertiary/aromatic N) is 1. The van der Waals surface area contributed by atoms with Crippen molar-refractivity contribution in [3.63, 3.8) is 0 Å². The van der Waals surface area contributed by atoms with Crippen molar-refractivity contribution in [2.45, 2.75) is 18.5 Å². The van der Waals surface area contributed by atoms with Crippen LogP contribution in [-0.4, -0.2) is 36.9 Å². The molecule has 1 fully saturated rings. The maximum atomic E-state index is 9.07. The van der Waals surface area contributed by atoms with Crippen LogP contribution in [0.15, 0.2) is 18.2 Å². The summed E-state index contributed by atoms with van der Waals surface area (Å²) < 4.78 is 0. The lowest BCUT2D eigenvalue weighted by molar-refractivity contribution is 0.299. The molecule has 1 saturated heterocycles. The van der Waals surface area contributed by atoms with Crippen molar-refractivity contribution in [1.29, 1.82) is 0 Å². The molecule has 0 radical (unpaired) electrons. The zero-order valence-corrected chi connectivity index (χ0v) is 9.84. The largest absolute Gasteiger partial charge is 0.399 e. The summed E-state index contributed by atoms with van der Waals surface area (Å²) in [4.78, 5) is 2.17. The Balaban J connectivity index is 2.25. The van der Waals surface area contributed by atoms with Crippen LogP contribution >= 0.6 is 0 Å². The molecule has 1 aliphatic rings. The van der Waals surface area contributed by atoms with E-state index in [0.717, 1.165) is 24.3 Å². The number of hydrogen-bond acceptors (Lipinski definition) is 5. The van der Waals surface area contributed by atoms with Gasteiger partial charge in [0.15, 0.2) is 0 Å². The molecular weight excluding hydrogens is 216 g/mol. The summed E-state index contributed by atoms with van der Waals surface area (Å²) >= 11 is 0. The minimum atomic E-state index is 0.00882. The van der Waals surface area contributed by atoms with Gasteiger partial charge < -0.3 is 27.2 Å². The normalized spacial score (nSPS) is 24.3. The van der Waals surface area contributed by atoms with Crippen molar-refractivity contribution in [1.82, 2.24) is 0 Å². The highest BCUT2D eigenvalue weighted by atomic mass is 16.2. The van der Waals surface area contributed by atoms with Crippen LogP contribution in [0.3, 0.4) is 0 Å². The minimum absolute atomic E-state index is 0.00882. The van der Waals surface area contributed by atoms with Gasteiger partial charge in [0.2, 0.25) is 0 Å². The maximum absolute atomic E-state index is 9.07. The van der Waals surface area contributed by atoms with Crippen LogP contribution in [-0.2, 0) is 6.42 Å². The molecule has 5 nitrogen and oxygen atoms in total. The van der Waals surface area contributed by atoms with Gasteiger partial charge in [-0.1, -0.05) is 0 Å². The Morgan fingerprint density at radius 3 is 2.47 bits per heavy atom. The summed E-state index contributed by atoms with van der Waals surface area (Å²) in [7, 11) is 0. The molecule has 0 aliphatic carbocycles. The summed E-state index contributed by atoms with van der Waals surface area (Å²) in [5, 5.41) is 9.07. The molecule has 0 saturated carbocycles. The third-order valence-corrected chi connectivity index (χ3v) is 3.24. The quantitative estimate of drug-likeness (QED) is 0.519. The third-order valence-electron chi connectivity index (χ3n) is 3.24. The minimum Gasteiger partial charge on any atom is -0.399 e. The third kappa shape index (κ3) is 2.52. The van der Waals surface area contributed by atoms with Crippen LogP contribution in [0.1, 0.15) is 5.56 Å². The predicted molar refractivity (Wildman–Crippen MR) is 69.8 cm³/mol. The summed E-state index contributed by atoms with van der Waals surface area (Å²) in [6.07, 6.45) is 0.599. The zero-order chi connectivity index (χ0) is 12.4. The number of nitrogens with two attached hydrogens (primary N) is 3. The van der Waals surface area contributed by atoms with E-state index in [4.69, 9.17) is 22.3 Å². The Morgan fingerprint density at radius 1 is 1.24 bits per heavy atom. The van der Waals surface area contributed by atoms with Crippen LogP contribution in [0.25, 0.3) is 0 Å². The number of benzene rings is 1. The van der Waals surface area contributed by atoms with Gasteiger partial charge in [-0.3, -0.25) is 0 Å². The monoisotopic (exact) mass is 236 g/mol. The molecule has 7 N–H and O–H groups in total. The lowest BCUT2D eigenvalue weighted by Crippen LogP contribution is -2.39. The Bertz CT molecular complexity index is 386. The fourth-order valence-electron chi connectivity index (χ4n) is 2.29. The average Bonchev–Trinajstić information content (AvgIpc) is 2.60. The van der Waals surface area contributed by atoms with E-state index < -0.39 is 0 Å². The van der Waals surface area contributed by atoms with Gasteiger partial charge in [-0.25, -0.2) is 0 Å². The van der Waals surface area contributed by atoms with Crippen LogP contribution in [0.4, 0.5) is 11.4 Å². The molecule has 2 unspecified atom stereocenters. The first kappa shape index (κ1) is 12.2. The average molecular weight is 236 g/mol. The smallest absolute Gasteiger partial charge is 0.0472 e. The first-order valence-electron chi connectivity index (χ1n) is 5.87. The number of rotatable bonds is 3. The fraction of sp³-hybridized carbons (Fsp3) is 0.500. The molecule has 0 aromatic heterocycles. The molecule has 5 heteroatoms. The maximum Gasteiger partial charge on any atom is 0.0472 e. The SMILES string of the molecule is Nc1ccc(N2CC(N)C(N)C2)c(CCO)c1. The van der Waals surface area contributed by atoms with Crippen LogP contribution in [0.5, 0.6) is 0 Å². The molecule has 0 spiro atoms. The first-order valence-corrected chi connectivity index (χ1v) is 5.87. The zero-order valence-electron chi connectivity index (χ0n) is 9.84. The van der Waals surface area contributed by atoms with E-state index in [1.54, 1.807) is 0 Å². The van der Waals surface area contributed by atoms with E-state index in [9.17, 15) is 0 Å². The summed E-state index contributed by atoms with van der Waals surface area (Å²) in [5.41, 5.74) is 20.4. The lowest BCUT2D eigenvalue weighted by Gasteiger charge is -2.22. The lowest BCUT2D eigenvalue weighted by atomic mass is 10.1. The van der Waals surface area contributed by atoms with Crippen molar-refractivity contribution in [2.24, 2.45) is 11.5 Å². The van der Waals surface area contributed by atoms with Gasteiger partial charge in [0.1, 0.15) is 0 Å². The molecule has 94 valence electrons. The van der Waals surface area contributed by atoms with Crippen molar-refractivity contribution >= 4 is 11.4 Å². The van der Waals surface area contributed by atoms with Crippen molar-refractivity contribution < 1.29 is 5.11 Å². The predicted octanol–water partition coefficient (Wildman–Crippen LogP) is -0.722. The van der Waals surface area contributed by atoms with Crippen molar-refractivity contribution in [3.8, 4) is 0 Å². The van der Waals surface area contributed by atoms with E-state index in [-0.39, 0.29) is 18.7 Å². The van der Waals surface area contributed by atoms with E-state index in [1.807, 2.05) is 18.2 Å². The molecule has 1 aromatic rings. The highest BCUT2D eigenvalue weighted by Gasteiger charge is 2.28. The van der Waals surface area contributed by atoms with Gasteiger partial charge in [-0.05, 0) is 30.2 Å². The fourth-order valence-corrected chi connectivity index (χ4v) is 2.29. The molecule has 2 atom stereocenters. The molecule has 17 heavy (non-hydrogen) atoms. The van der Waals surface area contributed by atoms with Gasteiger partial charge in [0.05, 0.1) is 0 Å². The summed E-state index contributed by atoms with van der Waals surface area (Å²) in [5.74, 6) is 0. The van der Waals surface area contributed by atoms with Gasteiger partial charge >= 0.3 is 0 Å². The second kappa shape index (κ2) is 4.91. The van der Waals surface area contributed by atoms with E-state index in [1.165, 1.54) is 0 Å². The van der Waals surface area contributed by atoms with Gasteiger partial charge in [-0.2, -0.15) is 0 Å². The van der Waals surface area contributed by atoms with E-state index in [0.29, 0.717) is 12.1 Å². The van der Waals surface area contributed by atoms with Crippen LogP contribution < -0.4 is 22.1 Å². The number of aliphatic hydroxyl groups excluding tert-OH is 1. The van der Waals surface area contributed by atoms with E-state index in [2.05, 4.69) is 4.90 Å². The Labute approximate surface area is 101 Å². The van der Waals surface area contributed by atoms with Crippen molar-refractivity contribution in [2.75, 3.05) is 30.3 Å². The van der Waals surface area contributed by atoms with Crippen molar-refractivity contribution in [3.05, 3.63) is 23.8 Å². The van der Waals surface area contributed by atoms with Crippen LogP contribution in [0, 0.1) is 0 Å². The number of hydrogen-bond donors (Lipinski definition) is 4. The second-order valence-electron chi connectivity index (χ2n) is 4.59. The molecular formula is C12H20N4O. The molecule has 0 amide bonds. The second-order valence-corrected chi connectivity index (χ2v) is 4.59. The number of anilines is 2. The number of aliphatic hydroxyl groups is 1. The van der Waals surface area contributed by atoms with Gasteiger partial charge in [-0.15, -0.1) is 0 Å². The standard InChI is InChI=1S/C12H20N4O/c13-9-1-2-12(8(5-9)3-4-17)16-6-10(14)11(15)7-16/h1-2,5,10-11,17H,3-4,6-7,13-15H2. The molecule has 0 bridgehead atoms. The molecule has 1 heterocycles. The highest BCUT2D eigenvalue weighted by molar-refractivity contribution is 5.60. The Kier molecular flexibility index (Phi) is 3.51. The number of nitrogen functional groups attached to an aromatic ring is 1. The molecule has 1 aliphatic heterocycles. The topological polar surface area (TPSA) is 102 Å². The van der Waals surface area contributed by atoms with E-state index >= 15 is 0 Å². The van der Waals surface area contributed by atoms with Crippen LogP contribution in [0.2, 0.25) is 0 Å². The Hall–Kier alpha value is -1.30. The first-order chi connectivity index (χ1) is 8.11. The molecule has 2 rings (SSSR count). The highest BCUT2D eigenvalue weighted by Crippen LogP contribution is 2.26. The summed E-state index contributed by atoms with van der Waals surface area (Å²) in [6.45, 7) is 1.62. The Morgan fingerprint density at radius 2 is 1.88 bits per heavy atom. The van der Waals surface area contributed by atoms with Gasteiger partial charge in [0, 0.05) is 43.2 Å². The molecule has 1 aromatic carbocycles.